The largest absolute Gasteiger partial charge is 0.381 e. The molecular formula is C13H15BrO3. The SMILES string of the molecule is O=C(COC1CCOCC1)c1ccccc1Br. The number of hydrogen-bond acceptors (Lipinski definition) is 3. The van der Waals surface area contributed by atoms with Crippen LogP contribution in [-0.2, 0) is 9.47 Å². The van der Waals surface area contributed by atoms with Crippen LogP contribution >= 0.6 is 15.9 Å². The van der Waals surface area contributed by atoms with Crippen LogP contribution in [0.3, 0.4) is 0 Å². The molecule has 1 aromatic rings. The second-order valence-corrected chi connectivity index (χ2v) is 4.88. The summed E-state index contributed by atoms with van der Waals surface area (Å²) in [6.45, 7) is 1.61. The standard InChI is InChI=1S/C13H15BrO3/c14-12-4-2-1-3-11(12)13(15)9-17-10-5-7-16-8-6-10/h1-4,10H,5-9H2. The van der Waals surface area contributed by atoms with Crippen molar-refractivity contribution in [3.8, 4) is 0 Å². The molecule has 1 fully saturated rings. The zero-order valence-electron chi connectivity index (χ0n) is 9.52. The highest BCUT2D eigenvalue weighted by Crippen LogP contribution is 2.17. The highest BCUT2D eigenvalue weighted by Gasteiger charge is 2.17. The molecule has 2 rings (SSSR count). The van der Waals surface area contributed by atoms with Gasteiger partial charge in [0.05, 0.1) is 6.10 Å². The zero-order chi connectivity index (χ0) is 12.1. The van der Waals surface area contributed by atoms with E-state index >= 15 is 0 Å². The van der Waals surface area contributed by atoms with Crippen LogP contribution in [-0.4, -0.2) is 31.7 Å². The average molecular weight is 299 g/mol. The Morgan fingerprint density at radius 1 is 1.35 bits per heavy atom. The van der Waals surface area contributed by atoms with E-state index in [1.165, 1.54) is 0 Å². The Morgan fingerprint density at radius 2 is 2.06 bits per heavy atom. The van der Waals surface area contributed by atoms with Gasteiger partial charge in [0, 0.05) is 23.2 Å². The van der Waals surface area contributed by atoms with Gasteiger partial charge in [-0.2, -0.15) is 0 Å². The highest BCUT2D eigenvalue weighted by molar-refractivity contribution is 9.10. The summed E-state index contributed by atoms with van der Waals surface area (Å²) in [4.78, 5) is 11.9. The fourth-order valence-corrected chi connectivity index (χ4v) is 2.31. The van der Waals surface area contributed by atoms with E-state index in [1.807, 2.05) is 18.2 Å². The van der Waals surface area contributed by atoms with Crippen molar-refractivity contribution in [2.45, 2.75) is 18.9 Å². The normalized spacial score (nSPS) is 17.0. The van der Waals surface area contributed by atoms with Crippen LogP contribution in [0.25, 0.3) is 0 Å². The molecule has 1 aromatic carbocycles. The Hall–Kier alpha value is -0.710. The molecule has 4 heteroatoms. The Kier molecular flexibility index (Phi) is 4.71. The summed E-state index contributed by atoms with van der Waals surface area (Å²) in [6, 6.07) is 7.41. The third kappa shape index (κ3) is 3.63. The molecule has 0 radical (unpaired) electrons. The van der Waals surface area contributed by atoms with Crippen LogP contribution in [0.5, 0.6) is 0 Å². The van der Waals surface area contributed by atoms with Crippen molar-refractivity contribution in [2.75, 3.05) is 19.8 Å². The van der Waals surface area contributed by atoms with Gasteiger partial charge in [0.25, 0.3) is 0 Å². The Balaban J connectivity index is 1.87. The monoisotopic (exact) mass is 298 g/mol. The van der Waals surface area contributed by atoms with Crippen molar-refractivity contribution in [1.29, 1.82) is 0 Å². The van der Waals surface area contributed by atoms with Crippen molar-refractivity contribution >= 4 is 21.7 Å². The second kappa shape index (κ2) is 6.28. The summed E-state index contributed by atoms with van der Waals surface area (Å²) >= 11 is 3.37. The first-order valence-electron chi connectivity index (χ1n) is 5.74. The van der Waals surface area contributed by atoms with Gasteiger partial charge in [0.15, 0.2) is 5.78 Å². The molecule has 1 aliphatic heterocycles. The van der Waals surface area contributed by atoms with E-state index in [2.05, 4.69) is 15.9 Å². The molecule has 0 spiro atoms. The lowest BCUT2D eigenvalue weighted by Crippen LogP contribution is -2.26. The molecular weight excluding hydrogens is 284 g/mol. The second-order valence-electron chi connectivity index (χ2n) is 4.03. The summed E-state index contributed by atoms with van der Waals surface area (Å²) in [7, 11) is 0. The Bertz CT molecular complexity index is 386. The quantitative estimate of drug-likeness (QED) is 0.802. The van der Waals surface area contributed by atoms with E-state index < -0.39 is 0 Å². The van der Waals surface area contributed by atoms with Gasteiger partial charge in [-0.25, -0.2) is 0 Å². The molecule has 0 bridgehead atoms. The Morgan fingerprint density at radius 3 is 2.76 bits per heavy atom. The molecule has 1 heterocycles. The summed E-state index contributed by atoms with van der Waals surface area (Å²) in [5.41, 5.74) is 0.680. The van der Waals surface area contributed by atoms with Crippen LogP contribution < -0.4 is 0 Å². The minimum absolute atomic E-state index is 0.0176. The molecule has 0 aromatic heterocycles. The number of benzene rings is 1. The molecule has 1 saturated heterocycles. The molecule has 0 aliphatic carbocycles. The predicted molar refractivity (Wildman–Crippen MR) is 68.3 cm³/mol. The summed E-state index contributed by atoms with van der Waals surface area (Å²) in [5, 5.41) is 0. The maximum atomic E-state index is 11.9. The maximum absolute atomic E-state index is 11.9. The lowest BCUT2D eigenvalue weighted by atomic mass is 10.1. The zero-order valence-corrected chi connectivity index (χ0v) is 11.1. The average Bonchev–Trinajstić information content (AvgIpc) is 2.38. The van der Waals surface area contributed by atoms with E-state index in [0.29, 0.717) is 5.56 Å². The smallest absolute Gasteiger partial charge is 0.189 e. The minimum Gasteiger partial charge on any atom is -0.381 e. The van der Waals surface area contributed by atoms with Gasteiger partial charge >= 0.3 is 0 Å². The molecule has 0 saturated carbocycles. The summed E-state index contributed by atoms with van der Waals surface area (Å²) in [6.07, 6.45) is 1.92. The first-order valence-corrected chi connectivity index (χ1v) is 6.54. The van der Waals surface area contributed by atoms with E-state index in [9.17, 15) is 4.79 Å². The first-order chi connectivity index (χ1) is 8.27. The summed E-state index contributed by atoms with van der Waals surface area (Å²) < 4.78 is 11.7. The van der Waals surface area contributed by atoms with Crippen molar-refractivity contribution in [3.63, 3.8) is 0 Å². The number of halogens is 1. The van der Waals surface area contributed by atoms with E-state index in [1.54, 1.807) is 6.07 Å². The molecule has 0 atom stereocenters. The molecule has 0 amide bonds. The van der Waals surface area contributed by atoms with Crippen molar-refractivity contribution in [2.24, 2.45) is 0 Å². The lowest BCUT2D eigenvalue weighted by molar-refractivity contribution is -0.0262. The molecule has 17 heavy (non-hydrogen) atoms. The predicted octanol–water partition coefficient (Wildman–Crippen LogP) is 2.83. The highest BCUT2D eigenvalue weighted by atomic mass is 79.9. The Labute approximate surface area is 109 Å². The third-order valence-corrected chi connectivity index (χ3v) is 3.48. The van der Waals surface area contributed by atoms with Crippen molar-refractivity contribution in [3.05, 3.63) is 34.3 Å². The van der Waals surface area contributed by atoms with Gasteiger partial charge in [0.2, 0.25) is 0 Å². The first kappa shape index (κ1) is 12.7. The van der Waals surface area contributed by atoms with Crippen LogP contribution in [0.4, 0.5) is 0 Å². The van der Waals surface area contributed by atoms with E-state index in [4.69, 9.17) is 9.47 Å². The number of hydrogen-bond donors (Lipinski definition) is 0. The van der Waals surface area contributed by atoms with Crippen LogP contribution in [0.2, 0.25) is 0 Å². The van der Waals surface area contributed by atoms with Gasteiger partial charge in [0.1, 0.15) is 6.61 Å². The van der Waals surface area contributed by atoms with Gasteiger partial charge < -0.3 is 9.47 Å². The third-order valence-electron chi connectivity index (χ3n) is 2.79. The van der Waals surface area contributed by atoms with Crippen molar-refractivity contribution < 1.29 is 14.3 Å². The fraction of sp³-hybridized carbons (Fsp3) is 0.462. The summed E-state index contributed by atoms with van der Waals surface area (Å²) in [5.74, 6) is 0.0176. The maximum Gasteiger partial charge on any atom is 0.189 e. The van der Waals surface area contributed by atoms with E-state index in [0.717, 1.165) is 30.5 Å². The molecule has 92 valence electrons. The number of Topliss-reactive ketones (excluding diaryl/α,β-unsaturated/α-hetero) is 1. The number of rotatable bonds is 4. The number of ketones is 1. The fourth-order valence-electron chi connectivity index (χ4n) is 1.80. The number of carbonyl (C=O) groups is 1. The molecule has 0 unspecified atom stereocenters. The van der Waals surface area contributed by atoms with Gasteiger partial charge in [-0.3, -0.25) is 4.79 Å². The van der Waals surface area contributed by atoms with E-state index in [-0.39, 0.29) is 18.5 Å². The van der Waals surface area contributed by atoms with Crippen LogP contribution in [0.15, 0.2) is 28.7 Å². The number of ether oxygens (including phenoxy) is 2. The minimum atomic E-state index is 0.0176. The molecule has 3 nitrogen and oxygen atoms in total. The number of carbonyl (C=O) groups excluding carboxylic acids is 1. The lowest BCUT2D eigenvalue weighted by Gasteiger charge is -2.22. The molecule has 0 N–H and O–H groups in total. The van der Waals surface area contributed by atoms with Crippen LogP contribution in [0.1, 0.15) is 23.2 Å². The van der Waals surface area contributed by atoms with Gasteiger partial charge in [-0.05, 0) is 18.9 Å². The van der Waals surface area contributed by atoms with Crippen molar-refractivity contribution in [1.82, 2.24) is 0 Å². The van der Waals surface area contributed by atoms with Gasteiger partial charge in [-0.1, -0.05) is 34.1 Å². The topological polar surface area (TPSA) is 35.5 Å². The van der Waals surface area contributed by atoms with Gasteiger partial charge in [-0.15, -0.1) is 0 Å². The molecule has 1 aliphatic rings. The van der Waals surface area contributed by atoms with Crippen LogP contribution in [0, 0.1) is 0 Å².